The van der Waals surface area contributed by atoms with Crippen LogP contribution in [0.25, 0.3) is 0 Å². The number of hydrogen-bond donors (Lipinski definition) is 2. The summed E-state index contributed by atoms with van der Waals surface area (Å²) in [7, 11) is 3.34. The van der Waals surface area contributed by atoms with Gasteiger partial charge in [0.2, 0.25) is 0 Å². The molecule has 1 aromatic rings. The fourth-order valence-electron chi connectivity index (χ4n) is 2.16. The van der Waals surface area contributed by atoms with E-state index in [0.717, 1.165) is 24.5 Å². The van der Waals surface area contributed by atoms with Gasteiger partial charge in [-0.1, -0.05) is 6.07 Å². The first kappa shape index (κ1) is 11.2. The minimum absolute atomic E-state index is 0.327. The van der Waals surface area contributed by atoms with Gasteiger partial charge in [-0.15, -0.1) is 0 Å². The molecule has 1 aliphatic heterocycles. The van der Waals surface area contributed by atoms with Crippen molar-refractivity contribution in [1.29, 1.82) is 0 Å². The summed E-state index contributed by atoms with van der Waals surface area (Å²) < 4.78 is 10.7. The van der Waals surface area contributed by atoms with E-state index in [1.54, 1.807) is 14.2 Å². The van der Waals surface area contributed by atoms with Crippen LogP contribution in [0.4, 0.5) is 0 Å². The zero-order valence-corrected chi connectivity index (χ0v) is 9.75. The molecule has 16 heavy (non-hydrogen) atoms. The molecule has 0 saturated carbocycles. The first-order chi connectivity index (χ1) is 7.80. The highest BCUT2D eigenvalue weighted by atomic mass is 16.5. The normalized spacial score (nSPS) is 19.1. The van der Waals surface area contributed by atoms with Crippen LogP contribution in [0.5, 0.6) is 11.5 Å². The van der Waals surface area contributed by atoms with E-state index >= 15 is 0 Å². The Morgan fingerprint density at radius 1 is 1.38 bits per heavy atom. The average Bonchev–Trinajstić information content (AvgIpc) is 2.36. The van der Waals surface area contributed by atoms with Gasteiger partial charge in [0.1, 0.15) is 0 Å². The molecule has 1 atom stereocenters. The number of benzene rings is 1. The van der Waals surface area contributed by atoms with Gasteiger partial charge in [-0.3, -0.25) is 0 Å². The van der Waals surface area contributed by atoms with Crippen molar-refractivity contribution < 1.29 is 9.47 Å². The lowest BCUT2D eigenvalue weighted by Crippen LogP contribution is -2.41. The van der Waals surface area contributed by atoms with Crippen LogP contribution in [0.2, 0.25) is 0 Å². The molecule has 0 amide bonds. The lowest BCUT2D eigenvalue weighted by Gasteiger charge is -2.27. The highest BCUT2D eigenvalue weighted by molar-refractivity contribution is 5.52. The van der Waals surface area contributed by atoms with E-state index < -0.39 is 0 Å². The van der Waals surface area contributed by atoms with Crippen LogP contribution in [0.1, 0.15) is 11.1 Å². The summed E-state index contributed by atoms with van der Waals surface area (Å²) in [5, 5.41) is 3.39. The molecule has 0 saturated heterocycles. The number of hydrogen-bond acceptors (Lipinski definition) is 4. The Morgan fingerprint density at radius 3 is 2.81 bits per heavy atom. The predicted octanol–water partition coefficient (Wildman–Crippen LogP) is 0.677. The summed E-state index contributed by atoms with van der Waals surface area (Å²) in [5.41, 5.74) is 8.17. The van der Waals surface area contributed by atoms with E-state index in [0.29, 0.717) is 12.6 Å². The fourth-order valence-corrected chi connectivity index (χ4v) is 2.16. The summed E-state index contributed by atoms with van der Waals surface area (Å²) in [6.45, 7) is 1.48. The lowest BCUT2D eigenvalue weighted by molar-refractivity contribution is 0.346. The molecule has 2 rings (SSSR count). The molecule has 0 aromatic heterocycles. The van der Waals surface area contributed by atoms with Crippen LogP contribution in [-0.2, 0) is 13.0 Å². The number of ether oxygens (including phenoxy) is 2. The molecule has 0 bridgehead atoms. The monoisotopic (exact) mass is 222 g/mol. The van der Waals surface area contributed by atoms with E-state index in [2.05, 4.69) is 11.4 Å². The number of nitrogens with two attached hydrogens (primary N) is 1. The van der Waals surface area contributed by atoms with Crippen molar-refractivity contribution in [3.63, 3.8) is 0 Å². The Labute approximate surface area is 95.7 Å². The van der Waals surface area contributed by atoms with Crippen molar-refractivity contribution in [2.45, 2.75) is 19.0 Å². The SMILES string of the molecule is COc1ccc2c(c1OC)CC(CN)NC2. The van der Waals surface area contributed by atoms with Gasteiger partial charge < -0.3 is 20.5 Å². The van der Waals surface area contributed by atoms with Crippen molar-refractivity contribution in [1.82, 2.24) is 5.32 Å². The van der Waals surface area contributed by atoms with Crippen LogP contribution in [0.3, 0.4) is 0 Å². The molecule has 0 spiro atoms. The lowest BCUT2D eigenvalue weighted by atomic mass is 9.94. The zero-order chi connectivity index (χ0) is 11.5. The Morgan fingerprint density at radius 2 is 2.19 bits per heavy atom. The van der Waals surface area contributed by atoms with Crippen molar-refractivity contribution in [3.05, 3.63) is 23.3 Å². The van der Waals surface area contributed by atoms with Crippen molar-refractivity contribution in [2.75, 3.05) is 20.8 Å². The van der Waals surface area contributed by atoms with Crippen molar-refractivity contribution in [3.8, 4) is 11.5 Å². The van der Waals surface area contributed by atoms with Gasteiger partial charge in [0.25, 0.3) is 0 Å². The summed E-state index contributed by atoms with van der Waals surface area (Å²) in [6.07, 6.45) is 0.895. The Hall–Kier alpha value is -1.26. The summed E-state index contributed by atoms with van der Waals surface area (Å²) in [6, 6.07) is 4.35. The van der Waals surface area contributed by atoms with Gasteiger partial charge in [0.05, 0.1) is 14.2 Å². The summed E-state index contributed by atoms with van der Waals surface area (Å²) in [5.74, 6) is 1.64. The van der Waals surface area contributed by atoms with Crippen LogP contribution in [-0.4, -0.2) is 26.8 Å². The number of methoxy groups -OCH3 is 2. The molecule has 0 fully saturated rings. The zero-order valence-electron chi connectivity index (χ0n) is 9.75. The third-order valence-electron chi connectivity index (χ3n) is 3.06. The van der Waals surface area contributed by atoms with Crippen LogP contribution in [0, 0.1) is 0 Å². The number of fused-ring (bicyclic) bond motifs is 1. The van der Waals surface area contributed by atoms with E-state index in [1.807, 2.05) is 6.07 Å². The Bertz CT molecular complexity index is 380. The fraction of sp³-hybridized carbons (Fsp3) is 0.500. The minimum Gasteiger partial charge on any atom is -0.493 e. The maximum atomic E-state index is 5.69. The highest BCUT2D eigenvalue weighted by Gasteiger charge is 2.22. The van der Waals surface area contributed by atoms with Crippen LogP contribution >= 0.6 is 0 Å². The summed E-state index contributed by atoms with van der Waals surface area (Å²) in [4.78, 5) is 0. The summed E-state index contributed by atoms with van der Waals surface area (Å²) >= 11 is 0. The molecular formula is C12H18N2O2. The first-order valence-corrected chi connectivity index (χ1v) is 5.46. The van der Waals surface area contributed by atoms with Gasteiger partial charge in [0, 0.05) is 24.7 Å². The Kier molecular flexibility index (Phi) is 3.31. The standard InChI is InChI=1S/C12H18N2O2/c1-15-11-4-3-8-7-14-9(6-13)5-10(8)12(11)16-2/h3-4,9,14H,5-7,13H2,1-2H3. The molecule has 88 valence electrons. The van der Waals surface area contributed by atoms with Gasteiger partial charge in [0.15, 0.2) is 11.5 Å². The first-order valence-electron chi connectivity index (χ1n) is 5.46. The number of rotatable bonds is 3. The van der Waals surface area contributed by atoms with Crippen LogP contribution in [0.15, 0.2) is 12.1 Å². The molecule has 3 N–H and O–H groups in total. The largest absolute Gasteiger partial charge is 0.493 e. The number of nitrogens with one attached hydrogen (secondary N) is 1. The van der Waals surface area contributed by atoms with E-state index in [1.165, 1.54) is 11.1 Å². The minimum atomic E-state index is 0.327. The third-order valence-corrected chi connectivity index (χ3v) is 3.06. The average molecular weight is 222 g/mol. The Balaban J connectivity index is 2.41. The van der Waals surface area contributed by atoms with Gasteiger partial charge in [-0.25, -0.2) is 0 Å². The molecular weight excluding hydrogens is 204 g/mol. The molecule has 1 heterocycles. The van der Waals surface area contributed by atoms with Crippen molar-refractivity contribution >= 4 is 0 Å². The highest BCUT2D eigenvalue weighted by Crippen LogP contribution is 2.35. The second kappa shape index (κ2) is 4.72. The quantitative estimate of drug-likeness (QED) is 0.789. The van der Waals surface area contributed by atoms with Crippen molar-refractivity contribution in [2.24, 2.45) is 5.73 Å². The second-order valence-electron chi connectivity index (χ2n) is 3.96. The molecule has 0 aliphatic carbocycles. The second-order valence-corrected chi connectivity index (χ2v) is 3.96. The topological polar surface area (TPSA) is 56.5 Å². The maximum absolute atomic E-state index is 5.69. The smallest absolute Gasteiger partial charge is 0.164 e. The van der Waals surface area contributed by atoms with E-state index in [9.17, 15) is 0 Å². The molecule has 1 aromatic carbocycles. The maximum Gasteiger partial charge on any atom is 0.164 e. The molecule has 1 aliphatic rings. The van der Waals surface area contributed by atoms with E-state index in [-0.39, 0.29) is 0 Å². The molecule has 0 radical (unpaired) electrons. The predicted molar refractivity (Wildman–Crippen MR) is 62.9 cm³/mol. The molecule has 1 unspecified atom stereocenters. The van der Waals surface area contributed by atoms with E-state index in [4.69, 9.17) is 15.2 Å². The third kappa shape index (κ3) is 1.86. The van der Waals surface area contributed by atoms with Gasteiger partial charge in [-0.05, 0) is 18.1 Å². The van der Waals surface area contributed by atoms with Gasteiger partial charge >= 0.3 is 0 Å². The molecule has 4 nitrogen and oxygen atoms in total. The van der Waals surface area contributed by atoms with Gasteiger partial charge in [-0.2, -0.15) is 0 Å². The van der Waals surface area contributed by atoms with Crippen LogP contribution < -0.4 is 20.5 Å². The molecule has 4 heteroatoms.